The van der Waals surface area contributed by atoms with Crippen molar-refractivity contribution < 1.29 is 13.3 Å². The maximum Gasteiger partial charge on any atom is 0.290 e. The molecule has 0 spiro atoms. The van der Waals surface area contributed by atoms with Crippen LogP contribution in [0.15, 0.2) is 23.1 Å². The smallest absolute Gasteiger partial charge is 0.290 e. The summed E-state index contributed by atoms with van der Waals surface area (Å²) in [5.41, 5.74) is -0.468. The van der Waals surface area contributed by atoms with E-state index in [9.17, 15) is 18.5 Å². The highest BCUT2D eigenvalue weighted by molar-refractivity contribution is 7.89. The number of hydrogen-bond acceptors (Lipinski definition) is 5. The van der Waals surface area contributed by atoms with Gasteiger partial charge in [0.25, 0.3) is 5.69 Å². The van der Waals surface area contributed by atoms with Crippen LogP contribution in [-0.4, -0.2) is 42.8 Å². The summed E-state index contributed by atoms with van der Waals surface area (Å²) < 4.78 is 27.4. The molecule has 9 heteroatoms. The van der Waals surface area contributed by atoms with Crippen LogP contribution in [0.2, 0.25) is 5.02 Å². The van der Waals surface area contributed by atoms with Crippen molar-refractivity contribution in [3.63, 3.8) is 0 Å². The van der Waals surface area contributed by atoms with Crippen LogP contribution in [0.3, 0.4) is 0 Å². The van der Waals surface area contributed by atoms with Gasteiger partial charge in [-0.25, -0.2) is 8.42 Å². The topological polar surface area (TPSA) is 92.5 Å². The van der Waals surface area contributed by atoms with Gasteiger partial charge in [-0.05, 0) is 37.9 Å². The molecule has 2 aliphatic heterocycles. The zero-order valence-electron chi connectivity index (χ0n) is 11.7. The first-order chi connectivity index (χ1) is 10.4. The molecule has 2 atom stereocenters. The SMILES string of the molecule is O=[N+]([O-])c1cc(Cl)ccc1S(=O)(=O)N1C2CCNCC1CC2. The minimum atomic E-state index is -3.92. The highest BCUT2D eigenvalue weighted by Gasteiger charge is 2.45. The van der Waals surface area contributed by atoms with Crippen molar-refractivity contribution in [1.82, 2.24) is 9.62 Å². The van der Waals surface area contributed by atoms with E-state index >= 15 is 0 Å². The number of nitrogens with one attached hydrogen (secondary N) is 1. The Hall–Kier alpha value is -1.22. The standard InChI is InChI=1S/C13H16ClN3O4S/c14-9-1-4-13(12(7-9)17(18)19)22(20,21)16-10-2-3-11(16)8-15-6-5-10/h1,4,7,10-11,15H,2-3,5-6,8H2. The Kier molecular flexibility index (Phi) is 4.11. The molecule has 2 aliphatic rings. The highest BCUT2D eigenvalue weighted by Crippen LogP contribution is 2.37. The van der Waals surface area contributed by atoms with Crippen molar-refractivity contribution in [2.45, 2.75) is 36.2 Å². The summed E-state index contributed by atoms with van der Waals surface area (Å²) in [6.45, 7) is 1.34. The first-order valence-corrected chi connectivity index (χ1v) is 8.91. The lowest BCUT2D eigenvalue weighted by Crippen LogP contribution is -2.42. The van der Waals surface area contributed by atoms with Crippen molar-refractivity contribution in [1.29, 1.82) is 0 Å². The second kappa shape index (κ2) is 5.77. The largest absolute Gasteiger partial charge is 0.315 e. The molecule has 2 heterocycles. The third-order valence-electron chi connectivity index (χ3n) is 4.26. The molecule has 2 saturated heterocycles. The Morgan fingerprint density at radius 1 is 1.27 bits per heavy atom. The van der Waals surface area contributed by atoms with E-state index in [0.29, 0.717) is 6.54 Å². The fourth-order valence-corrected chi connectivity index (χ4v) is 5.50. The van der Waals surface area contributed by atoms with Gasteiger partial charge >= 0.3 is 0 Å². The molecular formula is C13H16ClN3O4S. The fourth-order valence-electron chi connectivity index (χ4n) is 3.30. The average Bonchev–Trinajstić information content (AvgIpc) is 2.72. The van der Waals surface area contributed by atoms with Crippen LogP contribution in [0.4, 0.5) is 5.69 Å². The number of benzene rings is 1. The molecule has 1 aromatic rings. The summed E-state index contributed by atoms with van der Waals surface area (Å²) >= 11 is 5.77. The lowest BCUT2D eigenvalue weighted by molar-refractivity contribution is -0.387. The van der Waals surface area contributed by atoms with Gasteiger partial charge in [0, 0.05) is 29.7 Å². The first kappa shape index (κ1) is 15.7. The van der Waals surface area contributed by atoms with Gasteiger partial charge in [-0.3, -0.25) is 10.1 Å². The van der Waals surface area contributed by atoms with E-state index in [1.807, 2.05) is 0 Å². The van der Waals surface area contributed by atoms with E-state index in [0.717, 1.165) is 31.9 Å². The third kappa shape index (κ3) is 2.60. The Labute approximate surface area is 133 Å². The minimum absolute atomic E-state index is 0.0970. The van der Waals surface area contributed by atoms with Crippen LogP contribution in [0.1, 0.15) is 19.3 Å². The number of fused-ring (bicyclic) bond motifs is 2. The van der Waals surface area contributed by atoms with Gasteiger partial charge in [0.15, 0.2) is 4.90 Å². The zero-order valence-corrected chi connectivity index (χ0v) is 13.3. The summed E-state index contributed by atoms with van der Waals surface area (Å²) in [7, 11) is -3.92. The predicted octanol–water partition coefficient (Wildman–Crippen LogP) is 1.76. The van der Waals surface area contributed by atoms with Gasteiger partial charge in [0.05, 0.1) is 4.92 Å². The maximum atomic E-state index is 13.0. The van der Waals surface area contributed by atoms with E-state index in [4.69, 9.17) is 11.6 Å². The lowest BCUT2D eigenvalue weighted by Gasteiger charge is -2.26. The van der Waals surface area contributed by atoms with Crippen LogP contribution in [0.5, 0.6) is 0 Å². The van der Waals surface area contributed by atoms with Crippen molar-refractivity contribution >= 4 is 27.3 Å². The third-order valence-corrected chi connectivity index (χ3v) is 6.55. The van der Waals surface area contributed by atoms with Crippen LogP contribution in [0, 0.1) is 10.1 Å². The number of rotatable bonds is 3. The molecule has 2 unspecified atom stereocenters. The van der Waals surface area contributed by atoms with E-state index in [2.05, 4.69) is 5.32 Å². The Morgan fingerprint density at radius 3 is 2.73 bits per heavy atom. The lowest BCUT2D eigenvalue weighted by atomic mass is 10.1. The molecule has 0 saturated carbocycles. The van der Waals surface area contributed by atoms with E-state index in [1.54, 1.807) is 0 Å². The van der Waals surface area contributed by atoms with Gasteiger partial charge in [-0.15, -0.1) is 0 Å². The molecule has 120 valence electrons. The maximum absolute atomic E-state index is 13.0. The molecule has 2 fully saturated rings. The molecule has 0 aliphatic carbocycles. The average molecular weight is 346 g/mol. The van der Waals surface area contributed by atoms with Crippen molar-refractivity contribution in [3.8, 4) is 0 Å². The molecule has 22 heavy (non-hydrogen) atoms. The van der Waals surface area contributed by atoms with Gasteiger partial charge in [0.2, 0.25) is 10.0 Å². The fraction of sp³-hybridized carbons (Fsp3) is 0.538. The van der Waals surface area contributed by atoms with Gasteiger partial charge in [-0.2, -0.15) is 4.31 Å². The molecule has 0 amide bonds. The summed E-state index contributed by atoms with van der Waals surface area (Å²) in [5, 5.41) is 14.6. The molecule has 2 bridgehead atoms. The highest BCUT2D eigenvalue weighted by atomic mass is 35.5. The number of halogens is 1. The van der Waals surface area contributed by atoms with Crippen LogP contribution in [0.25, 0.3) is 0 Å². The number of nitrogens with zero attached hydrogens (tertiary/aromatic N) is 2. The van der Waals surface area contributed by atoms with Gasteiger partial charge < -0.3 is 5.32 Å². The van der Waals surface area contributed by atoms with Crippen LogP contribution >= 0.6 is 11.6 Å². The normalized spacial score (nSPS) is 25.9. The van der Waals surface area contributed by atoms with Crippen molar-refractivity contribution in [2.24, 2.45) is 0 Å². The monoisotopic (exact) mass is 345 g/mol. The van der Waals surface area contributed by atoms with Crippen LogP contribution < -0.4 is 5.32 Å². The first-order valence-electron chi connectivity index (χ1n) is 7.09. The van der Waals surface area contributed by atoms with E-state index in [-0.39, 0.29) is 22.0 Å². The van der Waals surface area contributed by atoms with Crippen molar-refractivity contribution in [2.75, 3.05) is 13.1 Å². The summed E-state index contributed by atoms with van der Waals surface area (Å²) in [4.78, 5) is 10.2. The van der Waals surface area contributed by atoms with Crippen molar-refractivity contribution in [3.05, 3.63) is 33.3 Å². The van der Waals surface area contributed by atoms with Gasteiger partial charge in [0.1, 0.15) is 0 Å². The minimum Gasteiger partial charge on any atom is -0.315 e. The number of hydrogen-bond donors (Lipinski definition) is 1. The Balaban J connectivity index is 2.09. The molecule has 0 aromatic heterocycles. The molecule has 0 radical (unpaired) electrons. The molecule has 1 N–H and O–H groups in total. The quantitative estimate of drug-likeness (QED) is 0.665. The van der Waals surface area contributed by atoms with Crippen LogP contribution in [-0.2, 0) is 10.0 Å². The Morgan fingerprint density at radius 2 is 2.00 bits per heavy atom. The Bertz CT molecular complexity index is 695. The second-order valence-corrected chi connectivity index (χ2v) is 7.83. The van der Waals surface area contributed by atoms with E-state index < -0.39 is 20.6 Å². The predicted molar refractivity (Wildman–Crippen MR) is 81.4 cm³/mol. The zero-order chi connectivity index (χ0) is 15.9. The second-order valence-electron chi connectivity index (χ2n) is 5.58. The molecule has 3 rings (SSSR count). The van der Waals surface area contributed by atoms with Gasteiger partial charge in [-0.1, -0.05) is 11.6 Å². The summed E-state index contributed by atoms with van der Waals surface area (Å²) in [6, 6.07) is 3.45. The summed E-state index contributed by atoms with van der Waals surface area (Å²) in [6.07, 6.45) is 2.29. The number of nitro groups is 1. The summed E-state index contributed by atoms with van der Waals surface area (Å²) in [5.74, 6) is 0. The van der Waals surface area contributed by atoms with E-state index in [1.165, 1.54) is 16.4 Å². The molecular weight excluding hydrogens is 330 g/mol. The number of nitro benzene ring substituents is 1. The number of sulfonamides is 1. The molecule has 7 nitrogen and oxygen atoms in total. The molecule has 1 aromatic carbocycles.